The van der Waals surface area contributed by atoms with Gasteiger partial charge < -0.3 is 14.7 Å². The SMILES string of the molecule is Cc1cc(NC(=O)CCc2c(C)noc2C)ccc1N1CCCC1=O. The topological polar surface area (TPSA) is 75.4 Å². The van der Waals surface area contributed by atoms with E-state index in [1.165, 1.54) is 0 Å². The molecule has 1 N–H and O–H groups in total. The minimum absolute atomic E-state index is 0.0515. The van der Waals surface area contributed by atoms with Crippen LogP contribution in [0.2, 0.25) is 0 Å². The van der Waals surface area contributed by atoms with Crippen molar-refractivity contribution in [3.8, 4) is 0 Å². The van der Waals surface area contributed by atoms with E-state index in [0.717, 1.165) is 46.9 Å². The molecule has 2 amide bonds. The first-order valence-corrected chi connectivity index (χ1v) is 8.58. The van der Waals surface area contributed by atoms with Crippen molar-refractivity contribution >= 4 is 23.2 Å². The van der Waals surface area contributed by atoms with Crippen LogP contribution in [0, 0.1) is 20.8 Å². The highest BCUT2D eigenvalue weighted by atomic mass is 16.5. The molecule has 0 atom stereocenters. The van der Waals surface area contributed by atoms with Gasteiger partial charge in [-0.05, 0) is 57.4 Å². The van der Waals surface area contributed by atoms with Crippen molar-refractivity contribution in [2.24, 2.45) is 0 Å². The van der Waals surface area contributed by atoms with E-state index in [4.69, 9.17) is 4.52 Å². The van der Waals surface area contributed by atoms with Gasteiger partial charge in [0.1, 0.15) is 5.76 Å². The van der Waals surface area contributed by atoms with Crippen molar-refractivity contribution in [1.82, 2.24) is 5.16 Å². The van der Waals surface area contributed by atoms with Crippen LogP contribution in [0.25, 0.3) is 0 Å². The van der Waals surface area contributed by atoms with E-state index in [-0.39, 0.29) is 11.8 Å². The summed E-state index contributed by atoms with van der Waals surface area (Å²) in [6, 6.07) is 5.67. The molecule has 6 nitrogen and oxygen atoms in total. The van der Waals surface area contributed by atoms with E-state index >= 15 is 0 Å². The van der Waals surface area contributed by atoms with Gasteiger partial charge in [-0.1, -0.05) is 5.16 Å². The lowest BCUT2D eigenvalue weighted by atomic mass is 10.1. The molecule has 25 heavy (non-hydrogen) atoms. The quantitative estimate of drug-likeness (QED) is 0.905. The number of carbonyl (C=O) groups is 2. The van der Waals surface area contributed by atoms with Gasteiger partial charge in [-0.2, -0.15) is 0 Å². The fraction of sp³-hybridized carbons (Fsp3) is 0.421. The van der Waals surface area contributed by atoms with E-state index in [0.29, 0.717) is 19.3 Å². The molecule has 1 fully saturated rings. The molecule has 6 heteroatoms. The fourth-order valence-corrected chi connectivity index (χ4v) is 3.26. The Kier molecular flexibility index (Phi) is 4.88. The molecule has 0 saturated carbocycles. The third-order valence-corrected chi connectivity index (χ3v) is 4.63. The smallest absolute Gasteiger partial charge is 0.227 e. The number of hydrogen-bond acceptors (Lipinski definition) is 4. The van der Waals surface area contributed by atoms with Crippen molar-refractivity contribution in [1.29, 1.82) is 0 Å². The molecule has 132 valence electrons. The maximum atomic E-state index is 12.2. The average molecular weight is 341 g/mol. The number of carbonyl (C=O) groups excluding carboxylic acids is 2. The number of nitrogens with zero attached hydrogens (tertiary/aromatic N) is 2. The summed E-state index contributed by atoms with van der Waals surface area (Å²) >= 11 is 0. The van der Waals surface area contributed by atoms with E-state index in [1.807, 2.05) is 43.9 Å². The van der Waals surface area contributed by atoms with Gasteiger partial charge in [0.05, 0.1) is 5.69 Å². The molecule has 2 heterocycles. The van der Waals surface area contributed by atoms with Gasteiger partial charge in [-0.25, -0.2) is 0 Å². The molecule has 1 aromatic carbocycles. The number of amides is 2. The summed E-state index contributed by atoms with van der Waals surface area (Å²) in [4.78, 5) is 25.9. The van der Waals surface area contributed by atoms with Crippen LogP contribution in [-0.4, -0.2) is 23.5 Å². The Balaban J connectivity index is 1.62. The third-order valence-electron chi connectivity index (χ3n) is 4.63. The number of nitrogens with one attached hydrogen (secondary N) is 1. The van der Waals surface area contributed by atoms with Crippen LogP contribution in [0.1, 0.15) is 41.8 Å². The minimum atomic E-state index is -0.0515. The first kappa shape index (κ1) is 17.2. The highest BCUT2D eigenvalue weighted by Crippen LogP contribution is 2.27. The Morgan fingerprint density at radius 2 is 2.12 bits per heavy atom. The highest BCUT2D eigenvalue weighted by Gasteiger charge is 2.23. The van der Waals surface area contributed by atoms with E-state index < -0.39 is 0 Å². The van der Waals surface area contributed by atoms with Crippen LogP contribution >= 0.6 is 0 Å². The highest BCUT2D eigenvalue weighted by molar-refractivity contribution is 5.97. The van der Waals surface area contributed by atoms with Gasteiger partial charge in [-0.15, -0.1) is 0 Å². The molecule has 0 aliphatic carbocycles. The zero-order valence-electron chi connectivity index (χ0n) is 14.9. The van der Waals surface area contributed by atoms with E-state index in [1.54, 1.807) is 0 Å². The molecule has 0 unspecified atom stereocenters. The average Bonchev–Trinajstić information content (AvgIpc) is 3.12. The summed E-state index contributed by atoms with van der Waals surface area (Å²) in [6.45, 7) is 6.46. The van der Waals surface area contributed by atoms with Crippen molar-refractivity contribution in [3.63, 3.8) is 0 Å². The number of rotatable bonds is 5. The molecule has 1 aliphatic rings. The van der Waals surface area contributed by atoms with Gasteiger partial charge in [0.15, 0.2) is 0 Å². The summed E-state index contributed by atoms with van der Waals surface area (Å²) in [5, 5.41) is 6.82. The van der Waals surface area contributed by atoms with E-state index in [2.05, 4.69) is 10.5 Å². The van der Waals surface area contributed by atoms with Gasteiger partial charge >= 0.3 is 0 Å². The van der Waals surface area contributed by atoms with Crippen LogP contribution in [-0.2, 0) is 16.0 Å². The van der Waals surface area contributed by atoms with E-state index in [9.17, 15) is 9.59 Å². The molecular weight excluding hydrogens is 318 g/mol. The summed E-state index contributed by atoms with van der Waals surface area (Å²) < 4.78 is 5.12. The number of aryl methyl sites for hydroxylation is 3. The zero-order valence-corrected chi connectivity index (χ0v) is 14.9. The first-order valence-electron chi connectivity index (χ1n) is 8.58. The number of aromatic nitrogens is 1. The normalized spacial score (nSPS) is 14.2. The second-order valence-corrected chi connectivity index (χ2v) is 6.50. The lowest BCUT2D eigenvalue weighted by Crippen LogP contribution is -2.24. The summed E-state index contributed by atoms with van der Waals surface area (Å²) in [5.74, 6) is 0.879. The van der Waals surface area contributed by atoms with Crippen LogP contribution in [0.4, 0.5) is 11.4 Å². The predicted octanol–water partition coefficient (Wildman–Crippen LogP) is 3.30. The van der Waals surface area contributed by atoms with Crippen molar-refractivity contribution < 1.29 is 14.1 Å². The van der Waals surface area contributed by atoms with Gasteiger partial charge in [0, 0.05) is 36.3 Å². The lowest BCUT2D eigenvalue weighted by molar-refractivity contribution is -0.117. The monoisotopic (exact) mass is 341 g/mol. The maximum absolute atomic E-state index is 12.2. The van der Waals surface area contributed by atoms with Crippen LogP contribution < -0.4 is 10.2 Å². The summed E-state index contributed by atoms with van der Waals surface area (Å²) in [6.07, 6.45) is 2.48. The maximum Gasteiger partial charge on any atom is 0.227 e. The predicted molar refractivity (Wildman–Crippen MR) is 95.7 cm³/mol. The number of benzene rings is 1. The number of hydrogen-bond donors (Lipinski definition) is 1. The van der Waals surface area contributed by atoms with Crippen molar-refractivity contribution in [2.75, 3.05) is 16.8 Å². The van der Waals surface area contributed by atoms with Crippen LogP contribution in [0.3, 0.4) is 0 Å². The first-order chi connectivity index (χ1) is 12.0. The van der Waals surface area contributed by atoms with Gasteiger partial charge in [-0.3, -0.25) is 9.59 Å². The number of anilines is 2. The second-order valence-electron chi connectivity index (χ2n) is 6.50. The Labute approximate surface area is 147 Å². The molecule has 1 aromatic heterocycles. The van der Waals surface area contributed by atoms with Crippen molar-refractivity contribution in [2.45, 2.75) is 46.5 Å². The molecule has 3 rings (SSSR count). The Bertz CT molecular complexity index is 791. The van der Waals surface area contributed by atoms with Gasteiger partial charge in [0.2, 0.25) is 11.8 Å². The molecule has 1 saturated heterocycles. The molecule has 2 aromatic rings. The Hall–Kier alpha value is -2.63. The lowest BCUT2D eigenvalue weighted by Gasteiger charge is -2.19. The molecular formula is C19H23N3O3. The Morgan fingerprint density at radius 1 is 1.32 bits per heavy atom. The van der Waals surface area contributed by atoms with Crippen LogP contribution in [0.15, 0.2) is 22.7 Å². The Morgan fingerprint density at radius 3 is 2.72 bits per heavy atom. The molecule has 0 bridgehead atoms. The zero-order chi connectivity index (χ0) is 18.0. The largest absolute Gasteiger partial charge is 0.361 e. The fourth-order valence-electron chi connectivity index (χ4n) is 3.26. The minimum Gasteiger partial charge on any atom is -0.361 e. The third kappa shape index (κ3) is 3.73. The summed E-state index contributed by atoms with van der Waals surface area (Å²) in [5.41, 5.74) is 4.49. The standard InChI is InChI=1S/C19H23N3O3/c1-12-11-15(6-8-17(12)22-10-4-5-19(22)24)20-18(23)9-7-16-13(2)21-25-14(16)3/h6,8,11H,4-5,7,9-10H2,1-3H3,(H,20,23). The summed E-state index contributed by atoms with van der Waals surface area (Å²) in [7, 11) is 0. The molecule has 0 spiro atoms. The van der Waals surface area contributed by atoms with Crippen molar-refractivity contribution in [3.05, 3.63) is 40.8 Å². The van der Waals surface area contributed by atoms with Crippen LogP contribution in [0.5, 0.6) is 0 Å². The van der Waals surface area contributed by atoms with Gasteiger partial charge in [0.25, 0.3) is 0 Å². The molecule has 0 radical (unpaired) electrons. The second kappa shape index (κ2) is 7.09. The molecule has 1 aliphatic heterocycles.